The van der Waals surface area contributed by atoms with Gasteiger partial charge in [-0.25, -0.2) is 0 Å². The zero-order valence-corrected chi connectivity index (χ0v) is 12.2. The van der Waals surface area contributed by atoms with Crippen molar-refractivity contribution in [2.75, 3.05) is 25.1 Å². The van der Waals surface area contributed by atoms with Gasteiger partial charge in [0.05, 0.1) is 18.1 Å². The highest BCUT2D eigenvalue weighted by Crippen LogP contribution is 2.22. The van der Waals surface area contributed by atoms with Crippen LogP contribution < -0.4 is 5.32 Å². The van der Waals surface area contributed by atoms with Crippen LogP contribution in [0.5, 0.6) is 0 Å². The zero-order valence-electron chi connectivity index (χ0n) is 9.90. The highest BCUT2D eigenvalue weighted by atomic mass is 79.9. The number of hydrogen-bond donors (Lipinski definition) is 1. The summed E-state index contributed by atoms with van der Waals surface area (Å²) in [5, 5.41) is 14.3. The molecule has 6 nitrogen and oxygen atoms in total. The summed E-state index contributed by atoms with van der Waals surface area (Å²) in [5.74, 6) is -0.545. The summed E-state index contributed by atoms with van der Waals surface area (Å²) < 4.78 is 5.15. The molecule has 0 spiro atoms. The molecule has 0 aliphatic rings. The average Bonchev–Trinajstić information content (AvgIpc) is 2.37. The molecule has 1 aromatic rings. The summed E-state index contributed by atoms with van der Waals surface area (Å²) in [6, 6.07) is 3.85. The van der Waals surface area contributed by atoms with E-state index in [1.54, 1.807) is 0 Å². The quantitative estimate of drug-likeness (QED) is 0.354. The number of alkyl halides is 1. The summed E-state index contributed by atoms with van der Waals surface area (Å²) in [5.41, 5.74) is -0.332. The number of halogens is 2. The second-order valence-corrected chi connectivity index (χ2v) is 4.71. The molecule has 0 unspecified atom stereocenters. The Morgan fingerprint density at radius 2 is 2.21 bits per heavy atom. The lowest BCUT2D eigenvalue weighted by molar-refractivity contribution is -0.385. The molecule has 1 aromatic carbocycles. The van der Waals surface area contributed by atoms with Crippen LogP contribution in [0, 0.1) is 10.1 Å². The first-order valence-electron chi connectivity index (χ1n) is 5.42. The highest BCUT2D eigenvalue weighted by Gasteiger charge is 2.19. The minimum Gasteiger partial charge on any atom is -0.379 e. The number of nitro groups is 1. The van der Waals surface area contributed by atoms with Gasteiger partial charge in [-0.05, 0) is 12.1 Å². The van der Waals surface area contributed by atoms with E-state index in [0.29, 0.717) is 18.5 Å². The van der Waals surface area contributed by atoms with Gasteiger partial charge in [0.2, 0.25) is 0 Å². The minimum atomic E-state index is -0.618. The molecular formula is C11H12BrClN2O4. The Hall–Kier alpha value is -1.18. The van der Waals surface area contributed by atoms with Crippen molar-refractivity contribution in [2.24, 2.45) is 0 Å². The van der Waals surface area contributed by atoms with Crippen LogP contribution in [0.4, 0.5) is 5.69 Å². The molecule has 0 bridgehead atoms. The van der Waals surface area contributed by atoms with Crippen LogP contribution in [0.15, 0.2) is 18.2 Å². The molecule has 104 valence electrons. The van der Waals surface area contributed by atoms with Crippen LogP contribution in [-0.4, -0.2) is 35.9 Å². The lowest BCUT2D eigenvalue weighted by Gasteiger charge is -2.06. The zero-order chi connectivity index (χ0) is 14.3. The first-order chi connectivity index (χ1) is 9.06. The van der Waals surface area contributed by atoms with Gasteiger partial charge in [-0.2, -0.15) is 0 Å². The number of nitrogens with one attached hydrogen (secondary N) is 1. The number of nitrogens with zero attached hydrogens (tertiary/aromatic N) is 1. The smallest absolute Gasteiger partial charge is 0.282 e. The molecule has 0 aliphatic heterocycles. The van der Waals surface area contributed by atoms with E-state index in [1.807, 2.05) is 0 Å². The molecule has 1 N–H and O–H groups in total. The van der Waals surface area contributed by atoms with Crippen LogP contribution in [-0.2, 0) is 4.74 Å². The predicted molar refractivity (Wildman–Crippen MR) is 75.1 cm³/mol. The largest absolute Gasteiger partial charge is 0.379 e. The minimum absolute atomic E-state index is 0.0574. The maximum atomic E-state index is 11.8. The van der Waals surface area contributed by atoms with E-state index in [9.17, 15) is 14.9 Å². The molecule has 8 heteroatoms. The Morgan fingerprint density at radius 1 is 1.47 bits per heavy atom. The van der Waals surface area contributed by atoms with E-state index < -0.39 is 10.8 Å². The fraction of sp³-hybridized carbons (Fsp3) is 0.364. The topological polar surface area (TPSA) is 81.5 Å². The number of hydrogen-bond acceptors (Lipinski definition) is 4. The normalized spacial score (nSPS) is 10.2. The van der Waals surface area contributed by atoms with Crippen molar-refractivity contribution < 1.29 is 14.5 Å². The van der Waals surface area contributed by atoms with E-state index in [1.165, 1.54) is 18.2 Å². The van der Waals surface area contributed by atoms with Gasteiger partial charge in [0.25, 0.3) is 11.6 Å². The number of ether oxygens (including phenoxy) is 1. The fourth-order valence-corrected chi connectivity index (χ4v) is 1.74. The van der Waals surface area contributed by atoms with Crippen molar-refractivity contribution in [2.45, 2.75) is 0 Å². The standard InChI is InChI=1S/C11H12BrClN2O4/c12-3-5-19-6-4-14-11(16)9-7-8(13)1-2-10(9)15(17)18/h1-2,7H,3-6H2,(H,14,16). The maximum Gasteiger partial charge on any atom is 0.282 e. The summed E-state index contributed by atoms with van der Waals surface area (Å²) in [6.45, 7) is 1.15. The lowest BCUT2D eigenvalue weighted by atomic mass is 10.1. The van der Waals surface area contributed by atoms with Gasteiger partial charge in [-0.1, -0.05) is 27.5 Å². The second-order valence-electron chi connectivity index (χ2n) is 3.48. The lowest BCUT2D eigenvalue weighted by Crippen LogP contribution is -2.28. The van der Waals surface area contributed by atoms with Crippen molar-refractivity contribution >= 4 is 39.1 Å². The molecule has 0 saturated heterocycles. The Labute approximate surface area is 123 Å². The van der Waals surface area contributed by atoms with E-state index in [0.717, 1.165) is 0 Å². The number of nitro benzene ring substituents is 1. The predicted octanol–water partition coefficient (Wildman–Crippen LogP) is 2.39. The van der Waals surface area contributed by atoms with Crippen molar-refractivity contribution in [3.63, 3.8) is 0 Å². The maximum absolute atomic E-state index is 11.8. The average molecular weight is 352 g/mol. The molecule has 19 heavy (non-hydrogen) atoms. The van der Waals surface area contributed by atoms with Crippen molar-refractivity contribution in [1.82, 2.24) is 5.32 Å². The molecule has 0 atom stereocenters. The molecule has 0 aromatic heterocycles. The van der Waals surface area contributed by atoms with Gasteiger partial charge in [-0.15, -0.1) is 0 Å². The van der Waals surface area contributed by atoms with E-state index in [4.69, 9.17) is 16.3 Å². The van der Waals surface area contributed by atoms with Gasteiger partial charge < -0.3 is 10.1 Å². The van der Waals surface area contributed by atoms with Crippen LogP contribution in [0.25, 0.3) is 0 Å². The summed E-state index contributed by atoms with van der Waals surface area (Å²) >= 11 is 8.93. The van der Waals surface area contributed by atoms with E-state index in [2.05, 4.69) is 21.2 Å². The third kappa shape index (κ3) is 5.14. The Morgan fingerprint density at radius 3 is 2.84 bits per heavy atom. The molecule has 0 saturated carbocycles. The number of carbonyl (C=O) groups is 1. The third-order valence-electron chi connectivity index (χ3n) is 2.15. The number of rotatable bonds is 7. The van der Waals surface area contributed by atoms with Gasteiger partial charge in [0.15, 0.2) is 0 Å². The van der Waals surface area contributed by atoms with Crippen LogP contribution in [0.3, 0.4) is 0 Å². The molecule has 1 amide bonds. The van der Waals surface area contributed by atoms with Crippen molar-refractivity contribution in [3.8, 4) is 0 Å². The third-order valence-corrected chi connectivity index (χ3v) is 2.71. The Balaban J connectivity index is 2.65. The van der Waals surface area contributed by atoms with Gasteiger partial charge >= 0.3 is 0 Å². The second kappa shape index (κ2) is 8.08. The van der Waals surface area contributed by atoms with E-state index >= 15 is 0 Å². The number of benzene rings is 1. The molecule has 0 heterocycles. The van der Waals surface area contributed by atoms with Crippen molar-refractivity contribution in [3.05, 3.63) is 38.9 Å². The summed E-state index contributed by atoms with van der Waals surface area (Å²) in [4.78, 5) is 22.0. The Bertz CT molecular complexity index is 470. The first kappa shape index (κ1) is 15.9. The molecule has 0 radical (unpaired) electrons. The van der Waals surface area contributed by atoms with Crippen LogP contribution >= 0.6 is 27.5 Å². The summed E-state index contributed by atoms with van der Waals surface area (Å²) in [7, 11) is 0. The molecule has 0 aliphatic carbocycles. The fourth-order valence-electron chi connectivity index (χ4n) is 1.34. The number of carbonyl (C=O) groups excluding carboxylic acids is 1. The molecule has 0 fully saturated rings. The van der Waals surface area contributed by atoms with E-state index in [-0.39, 0.29) is 22.8 Å². The van der Waals surface area contributed by atoms with Gasteiger partial charge in [0, 0.05) is 23.0 Å². The monoisotopic (exact) mass is 350 g/mol. The van der Waals surface area contributed by atoms with Crippen molar-refractivity contribution in [1.29, 1.82) is 0 Å². The SMILES string of the molecule is O=C(NCCOCCBr)c1cc(Cl)ccc1[N+](=O)[O-]. The molecular weight excluding hydrogens is 339 g/mol. The summed E-state index contributed by atoms with van der Waals surface area (Å²) in [6.07, 6.45) is 0. The van der Waals surface area contributed by atoms with Crippen LogP contribution in [0.2, 0.25) is 5.02 Å². The van der Waals surface area contributed by atoms with Crippen LogP contribution in [0.1, 0.15) is 10.4 Å². The van der Waals surface area contributed by atoms with Gasteiger partial charge in [0.1, 0.15) is 5.56 Å². The Kier molecular flexibility index (Phi) is 6.75. The highest BCUT2D eigenvalue weighted by molar-refractivity contribution is 9.09. The van der Waals surface area contributed by atoms with Gasteiger partial charge in [-0.3, -0.25) is 14.9 Å². The molecule has 1 rings (SSSR count). The number of amides is 1. The first-order valence-corrected chi connectivity index (χ1v) is 6.92.